The lowest BCUT2D eigenvalue weighted by atomic mass is 10.0. The Morgan fingerprint density at radius 3 is 2.55 bits per heavy atom. The first-order chi connectivity index (χ1) is 13.8. The Morgan fingerprint density at radius 2 is 1.90 bits per heavy atom. The van der Waals surface area contributed by atoms with E-state index >= 15 is 0 Å². The molecule has 1 atom stereocenters. The molecule has 0 spiro atoms. The van der Waals surface area contributed by atoms with E-state index in [0.717, 1.165) is 12.8 Å². The number of hydrogen-bond acceptors (Lipinski definition) is 4. The van der Waals surface area contributed by atoms with E-state index in [4.69, 9.17) is 11.6 Å². The van der Waals surface area contributed by atoms with E-state index in [1.807, 2.05) is 6.92 Å². The van der Waals surface area contributed by atoms with Crippen LogP contribution in [0.5, 0.6) is 0 Å². The second-order valence-corrected chi connectivity index (χ2v) is 10.2. The van der Waals surface area contributed by atoms with Gasteiger partial charge in [-0.25, -0.2) is 12.8 Å². The molecule has 0 radical (unpaired) electrons. The monoisotopic (exact) mass is 445 g/mol. The number of rotatable bonds is 6. The van der Waals surface area contributed by atoms with E-state index < -0.39 is 16.1 Å². The highest BCUT2D eigenvalue weighted by atomic mass is 35.5. The minimum atomic E-state index is -3.41. The topological polar surface area (TPSA) is 60.9 Å². The highest BCUT2D eigenvalue weighted by molar-refractivity contribution is 7.89. The van der Waals surface area contributed by atoms with E-state index in [-0.39, 0.29) is 17.5 Å². The van der Waals surface area contributed by atoms with E-state index in [0.29, 0.717) is 62.7 Å². The summed E-state index contributed by atoms with van der Waals surface area (Å²) in [5.74, 6) is -0.350. The van der Waals surface area contributed by atoms with Crippen LogP contribution in [0.25, 0.3) is 0 Å². The first kappa shape index (κ1) is 22.5. The number of carbonyl (C=O) groups is 1. The van der Waals surface area contributed by atoms with Gasteiger partial charge in [0.15, 0.2) is 0 Å². The van der Waals surface area contributed by atoms with Crippen molar-refractivity contribution in [3.8, 4) is 0 Å². The van der Waals surface area contributed by atoms with Crippen molar-refractivity contribution >= 4 is 27.5 Å². The van der Waals surface area contributed by atoms with Gasteiger partial charge in [-0.2, -0.15) is 4.31 Å². The Balaban J connectivity index is 1.61. The molecule has 9 heteroatoms. The molecule has 0 N–H and O–H groups in total. The van der Waals surface area contributed by atoms with Gasteiger partial charge in [-0.1, -0.05) is 31.0 Å². The van der Waals surface area contributed by atoms with Crippen LogP contribution >= 0.6 is 11.6 Å². The van der Waals surface area contributed by atoms with Crippen LogP contribution in [0.1, 0.15) is 38.2 Å². The molecule has 2 aliphatic heterocycles. The van der Waals surface area contributed by atoms with Crippen LogP contribution in [0, 0.1) is 5.82 Å². The third kappa shape index (κ3) is 5.29. The molecule has 6 nitrogen and oxygen atoms in total. The van der Waals surface area contributed by atoms with E-state index in [9.17, 15) is 17.6 Å². The van der Waals surface area contributed by atoms with Gasteiger partial charge in [-0.15, -0.1) is 0 Å². The summed E-state index contributed by atoms with van der Waals surface area (Å²) < 4.78 is 40.7. The maximum atomic E-state index is 14.0. The smallest absolute Gasteiger partial charge is 0.241 e. The van der Waals surface area contributed by atoms with Gasteiger partial charge in [-0.05, 0) is 31.4 Å². The number of halogens is 2. The maximum Gasteiger partial charge on any atom is 0.241 e. The molecular weight excluding hydrogens is 417 g/mol. The lowest BCUT2D eigenvalue weighted by Gasteiger charge is -2.40. The highest BCUT2D eigenvalue weighted by Gasteiger charge is 2.38. The Bertz CT molecular complexity index is 808. The van der Waals surface area contributed by atoms with Gasteiger partial charge < -0.3 is 4.90 Å². The fourth-order valence-electron chi connectivity index (χ4n) is 4.10. The molecule has 1 unspecified atom stereocenters. The van der Waals surface area contributed by atoms with E-state index in [1.54, 1.807) is 17.0 Å². The second-order valence-electron chi connectivity index (χ2n) is 7.74. The number of benzene rings is 1. The Kier molecular flexibility index (Phi) is 7.53. The average molecular weight is 446 g/mol. The minimum absolute atomic E-state index is 0.0773. The number of piperidine rings is 1. The summed E-state index contributed by atoms with van der Waals surface area (Å²) in [5.41, 5.74) is 0.470. The SMILES string of the molecule is CCCS(=O)(=O)N1CCCCC1C(=O)N1CCN(Cc2c(F)cccc2Cl)CC1. The van der Waals surface area contributed by atoms with Crippen molar-refractivity contribution in [1.82, 2.24) is 14.1 Å². The molecule has 2 aliphatic rings. The molecule has 29 heavy (non-hydrogen) atoms. The predicted molar refractivity (Wildman–Crippen MR) is 112 cm³/mol. The summed E-state index contributed by atoms with van der Waals surface area (Å²) in [6.45, 7) is 4.86. The predicted octanol–water partition coefficient (Wildman–Crippen LogP) is 2.72. The van der Waals surface area contributed by atoms with Crippen LogP contribution in [0.4, 0.5) is 4.39 Å². The third-order valence-electron chi connectivity index (χ3n) is 5.69. The lowest BCUT2D eigenvalue weighted by molar-refractivity contribution is -0.138. The van der Waals surface area contributed by atoms with Gasteiger partial charge in [0.05, 0.1) is 5.75 Å². The van der Waals surface area contributed by atoms with Gasteiger partial charge in [0.2, 0.25) is 15.9 Å². The minimum Gasteiger partial charge on any atom is -0.339 e. The first-order valence-corrected chi connectivity index (χ1v) is 12.3. The van der Waals surface area contributed by atoms with Gasteiger partial charge in [0.1, 0.15) is 11.9 Å². The average Bonchev–Trinajstić information content (AvgIpc) is 2.71. The van der Waals surface area contributed by atoms with E-state index in [1.165, 1.54) is 10.4 Å². The second kappa shape index (κ2) is 9.73. The summed E-state index contributed by atoms with van der Waals surface area (Å²) in [6, 6.07) is 4.07. The van der Waals surface area contributed by atoms with Gasteiger partial charge in [0, 0.05) is 49.9 Å². The quantitative estimate of drug-likeness (QED) is 0.675. The third-order valence-corrected chi connectivity index (χ3v) is 8.12. The summed E-state index contributed by atoms with van der Waals surface area (Å²) in [5, 5.41) is 0.405. The van der Waals surface area contributed by atoms with Crippen LogP contribution in [0.3, 0.4) is 0 Å². The Labute approximate surface area is 177 Å². The molecular formula is C20H29ClFN3O3S. The number of nitrogens with zero attached hydrogens (tertiary/aromatic N) is 3. The van der Waals surface area contributed by atoms with Crippen molar-refractivity contribution in [3.63, 3.8) is 0 Å². The number of hydrogen-bond donors (Lipinski definition) is 0. The molecule has 2 fully saturated rings. The molecule has 1 aromatic carbocycles. The number of piperazine rings is 1. The summed E-state index contributed by atoms with van der Waals surface area (Å²) >= 11 is 6.12. The zero-order valence-corrected chi connectivity index (χ0v) is 18.4. The number of carbonyl (C=O) groups excluding carboxylic acids is 1. The van der Waals surface area contributed by atoms with Gasteiger partial charge >= 0.3 is 0 Å². The summed E-state index contributed by atoms with van der Waals surface area (Å²) in [4.78, 5) is 16.9. The fourth-order valence-corrected chi connectivity index (χ4v) is 6.07. The molecule has 0 saturated carbocycles. The van der Waals surface area contributed by atoms with Crippen molar-refractivity contribution in [1.29, 1.82) is 0 Å². The van der Waals surface area contributed by atoms with E-state index in [2.05, 4.69) is 4.90 Å². The van der Waals surface area contributed by atoms with Crippen molar-refractivity contribution < 1.29 is 17.6 Å². The number of amides is 1. The van der Waals surface area contributed by atoms with Gasteiger partial charge in [-0.3, -0.25) is 9.69 Å². The lowest BCUT2D eigenvalue weighted by Crippen LogP contribution is -2.57. The van der Waals surface area contributed by atoms with Crippen molar-refractivity contribution in [2.24, 2.45) is 0 Å². The molecule has 0 bridgehead atoms. The molecule has 2 heterocycles. The standard InChI is InChI=1S/C20H29ClFN3O3S/c1-2-14-29(27,28)25-9-4-3-8-19(25)20(26)24-12-10-23(11-13-24)15-16-17(21)6-5-7-18(16)22/h5-7,19H,2-4,8-15H2,1H3. The molecule has 0 aliphatic carbocycles. The van der Waals surface area contributed by atoms with Crippen LogP contribution in [-0.4, -0.2) is 72.9 Å². The van der Waals surface area contributed by atoms with Crippen LogP contribution in [0.15, 0.2) is 18.2 Å². The molecule has 1 amide bonds. The highest BCUT2D eigenvalue weighted by Crippen LogP contribution is 2.25. The molecule has 3 rings (SSSR count). The fraction of sp³-hybridized carbons (Fsp3) is 0.650. The Hall–Kier alpha value is -1.22. The summed E-state index contributed by atoms with van der Waals surface area (Å²) in [6.07, 6.45) is 2.77. The maximum absolute atomic E-state index is 14.0. The summed E-state index contributed by atoms with van der Waals surface area (Å²) in [7, 11) is -3.41. The zero-order valence-electron chi connectivity index (χ0n) is 16.8. The number of sulfonamides is 1. The molecule has 162 valence electrons. The molecule has 0 aromatic heterocycles. The normalized spacial score (nSPS) is 22.0. The van der Waals surface area contributed by atoms with Crippen LogP contribution < -0.4 is 0 Å². The van der Waals surface area contributed by atoms with Crippen LogP contribution in [-0.2, 0) is 21.4 Å². The van der Waals surface area contributed by atoms with Gasteiger partial charge in [0.25, 0.3) is 0 Å². The first-order valence-electron chi connectivity index (χ1n) is 10.3. The molecule has 1 aromatic rings. The van der Waals surface area contributed by atoms with Crippen molar-refractivity contribution in [3.05, 3.63) is 34.6 Å². The van der Waals surface area contributed by atoms with Crippen molar-refractivity contribution in [2.75, 3.05) is 38.5 Å². The zero-order chi connectivity index (χ0) is 21.0. The van der Waals surface area contributed by atoms with Crippen LogP contribution in [0.2, 0.25) is 5.02 Å². The molecule has 2 saturated heterocycles. The van der Waals surface area contributed by atoms with Crippen molar-refractivity contribution in [2.45, 2.75) is 45.2 Å². The largest absolute Gasteiger partial charge is 0.339 e. The Morgan fingerprint density at radius 1 is 1.17 bits per heavy atom.